The number of rotatable bonds is 6. The molecule has 5 rings (SSSR count). The number of nitrogens with zero attached hydrogens (tertiary/aromatic N) is 4. The van der Waals surface area contributed by atoms with Crippen LogP contribution in [0.2, 0.25) is 0 Å². The Kier molecular flexibility index (Phi) is 5.85. The van der Waals surface area contributed by atoms with Crippen molar-refractivity contribution in [2.45, 2.75) is 12.8 Å². The Balaban J connectivity index is 1.27. The molecule has 2 heterocycles. The summed E-state index contributed by atoms with van der Waals surface area (Å²) < 4.78 is 5.84. The molecule has 0 aliphatic rings. The minimum Gasteiger partial charge on any atom is -0.441 e. The molecule has 0 saturated carbocycles. The summed E-state index contributed by atoms with van der Waals surface area (Å²) in [5.74, 6) is 1.31. The number of fused-ring (bicyclic) bond motifs is 1. The summed E-state index contributed by atoms with van der Waals surface area (Å²) in [7, 11) is 0. The van der Waals surface area contributed by atoms with Gasteiger partial charge in [-0.05, 0) is 42.3 Å². The van der Waals surface area contributed by atoms with Crippen molar-refractivity contribution < 1.29 is 4.42 Å². The summed E-state index contributed by atoms with van der Waals surface area (Å²) >= 11 is 0. The van der Waals surface area contributed by atoms with E-state index in [0.717, 1.165) is 28.0 Å². The topological polar surface area (TPSA) is 128 Å². The Labute approximate surface area is 196 Å². The first-order valence-corrected chi connectivity index (χ1v) is 10.9. The molecule has 0 saturated heterocycles. The molecule has 0 amide bonds. The number of hydrogen-bond acceptors (Lipinski definition) is 6. The molecule has 3 aromatic carbocycles. The molecule has 5 aromatic rings. The van der Waals surface area contributed by atoms with Crippen molar-refractivity contribution >= 4 is 34.3 Å². The van der Waals surface area contributed by atoms with Gasteiger partial charge in [0.2, 0.25) is 0 Å². The van der Waals surface area contributed by atoms with Gasteiger partial charge in [0.15, 0.2) is 23.3 Å². The number of hydrogen-bond donors (Lipinski definition) is 3. The first kappa shape index (κ1) is 21.1. The van der Waals surface area contributed by atoms with Gasteiger partial charge in [-0.3, -0.25) is 0 Å². The first-order chi connectivity index (χ1) is 16.6. The van der Waals surface area contributed by atoms with E-state index in [-0.39, 0.29) is 5.96 Å². The maximum absolute atomic E-state index is 6.16. The average Bonchev–Trinajstić information content (AvgIpc) is 3.26. The van der Waals surface area contributed by atoms with E-state index in [4.69, 9.17) is 15.9 Å². The zero-order valence-corrected chi connectivity index (χ0v) is 18.3. The van der Waals surface area contributed by atoms with Crippen LogP contribution in [-0.2, 0) is 12.8 Å². The third-order valence-corrected chi connectivity index (χ3v) is 5.30. The van der Waals surface area contributed by atoms with Crippen molar-refractivity contribution in [3.05, 3.63) is 96.4 Å². The van der Waals surface area contributed by atoms with Crippen molar-refractivity contribution in [2.24, 2.45) is 10.7 Å². The van der Waals surface area contributed by atoms with Crippen molar-refractivity contribution in [1.29, 1.82) is 0 Å². The van der Waals surface area contributed by atoms with Gasteiger partial charge in [0.25, 0.3) is 0 Å². The van der Waals surface area contributed by atoms with Gasteiger partial charge in [-0.15, -0.1) is 10.2 Å². The molecule has 0 aliphatic carbocycles. The molecule has 168 valence electrons. The van der Waals surface area contributed by atoms with E-state index >= 15 is 0 Å². The number of nitrogen functional groups attached to an aromatic ring is 1. The predicted molar refractivity (Wildman–Crippen MR) is 135 cm³/mol. The van der Waals surface area contributed by atoms with E-state index in [0.29, 0.717) is 35.8 Å². The van der Waals surface area contributed by atoms with Gasteiger partial charge in [0, 0.05) is 29.4 Å². The molecule has 0 aliphatic heterocycles. The molecule has 0 fully saturated rings. The van der Waals surface area contributed by atoms with Crippen molar-refractivity contribution in [2.75, 3.05) is 11.1 Å². The number of anilines is 2. The Hall–Kier alpha value is -4.72. The first-order valence-electron chi connectivity index (χ1n) is 10.9. The predicted octanol–water partition coefficient (Wildman–Crippen LogP) is 4.71. The number of nitrogens with two attached hydrogens (primary N) is 2. The van der Waals surface area contributed by atoms with E-state index in [1.54, 1.807) is 12.1 Å². The Morgan fingerprint density at radius 2 is 1.71 bits per heavy atom. The average molecular weight is 450 g/mol. The zero-order valence-electron chi connectivity index (χ0n) is 18.3. The third-order valence-electron chi connectivity index (χ3n) is 5.30. The zero-order chi connectivity index (χ0) is 23.3. The second-order valence-corrected chi connectivity index (χ2v) is 7.76. The van der Waals surface area contributed by atoms with Crippen LogP contribution in [0.4, 0.5) is 17.2 Å². The van der Waals surface area contributed by atoms with Crippen LogP contribution in [0.25, 0.3) is 22.4 Å². The van der Waals surface area contributed by atoms with Crippen molar-refractivity contribution in [1.82, 2.24) is 15.2 Å². The van der Waals surface area contributed by atoms with Gasteiger partial charge in [-0.1, -0.05) is 48.5 Å². The van der Waals surface area contributed by atoms with Crippen LogP contribution in [0, 0.1) is 0 Å². The van der Waals surface area contributed by atoms with E-state index in [2.05, 4.69) is 25.5 Å². The lowest BCUT2D eigenvalue weighted by Crippen LogP contribution is -2.23. The molecule has 0 radical (unpaired) electrons. The van der Waals surface area contributed by atoms with Crippen LogP contribution in [0.5, 0.6) is 0 Å². The van der Waals surface area contributed by atoms with Gasteiger partial charge >= 0.3 is 0 Å². The maximum Gasteiger partial charge on any atom is 0.199 e. The second kappa shape index (κ2) is 9.41. The highest BCUT2D eigenvalue weighted by Gasteiger charge is 2.09. The fourth-order valence-electron chi connectivity index (χ4n) is 3.63. The van der Waals surface area contributed by atoms with Crippen molar-refractivity contribution in [3.63, 3.8) is 0 Å². The van der Waals surface area contributed by atoms with Crippen LogP contribution in [0.1, 0.15) is 11.5 Å². The fourth-order valence-corrected chi connectivity index (χ4v) is 3.63. The maximum atomic E-state index is 6.16. The Bertz CT molecular complexity index is 1440. The molecule has 0 spiro atoms. The summed E-state index contributed by atoms with van der Waals surface area (Å²) in [4.78, 5) is 8.89. The van der Waals surface area contributed by atoms with E-state index < -0.39 is 0 Å². The summed E-state index contributed by atoms with van der Waals surface area (Å²) in [6.45, 7) is 0. The molecule has 8 nitrogen and oxygen atoms in total. The highest BCUT2D eigenvalue weighted by Crippen LogP contribution is 2.22. The lowest BCUT2D eigenvalue weighted by molar-refractivity contribution is 0.528. The summed E-state index contributed by atoms with van der Waals surface area (Å²) in [6, 6.07) is 26.9. The number of aryl methyl sites for hydroxylation is 2. The molecule has 5 N–H and O–H groups in total. The number of guanidine groups is 1. The minimum atomic E-state index is 0.228. The molecule has 0 unspecified atom stereocenters. The quantitative estimate of drug-likeness (QED) is 0.194. The SMILES string of the molecule is NC(=Nc1ccc(-c2ccccc2)nn1)Nc1ccccc1CCc1nc2ccc(N)cc2o1. The van der Waals surface area contributed by atoms with Gasteiger partial charge in [0.05, 0.1) is 5.69 Å². The van der Waals surface area contributed by atoms with Crippen LogP contribution < -0.4 is 16.8 Å². The smallest absolute Gasteiger partial charge is 0.199 e. The summed E-state index contributed by atoms with van der Waals surface area (Å²) in [5, 5.41) is 11.6. The lowest BCUT2D eigenvalue weighted by Gasteiger charge is -2.10. The number of aliphatic imine (C=N–C) groups is 1. The standard InChI is InChI=1S/C26H23N7O/c27-19-11-12-22-23(16-19)34-25(29-22)15-10-18-8-4-5-9-20(18)30-26(28)31-24-14-13-21(32-33-24)17-6-2-1-3-7-17/h1-9,11-14,16H,10,15,27H2,(H3,28,30,31,33). The fraction of sp³-hybridized carbons (Fsp3) is 0.0769. The number of nitrogens with one attached hydrogen (secondary N) is 1. The molecule has 0 atom stereocenters. The van der Waals surface area contributed by atoms with Crippen molar-refractivity contribution in [3.8, 4) is 11.3 Å². The third kappa shape index (κ3) is 4.86. The minimum absolute atomic E-state index is 0.228. The number of para-hydroxylation sites is 1. The number of aromatic nitrogens is 3. The van der Waals surface area contributed by atoms with Gasteiger partial charge < -0.3 is 21.2 Å². The summed E-state index contributed by atoms with van der Waals surface area (Å²) in [5.41, 5.74) is 17.8. The Morgan fingerprint density at radius 1 is 0.882 bits per heavy atom. The van der Waals surface area contributed by atoms with Crippen LogP contribution >= 0.6 is 0 Å². The highest BCUT2D eigenvalue weighted by molar-refractivity contribution is 5.94. The monoisotopic (exact) mass is 449 g/mol. The van der Waals surface area contributed by atoms with Gasteiger partial charge in [-0.2, -0.15) is 4.99 Å². The molecular weight excluding hydrogens is 426 g/mol. The van der Waals surface area contributed by atoms with Crippen LogP contribution in [-0.4, -0.2) is 21.1 Å². The lowest BCUT2D eigenvalue weighted by atomic mass is 10.1. The summed E-state index contributed by atoms with van der Waals surface area (Å²) in [6.07, 6.45) is 1.35. The molecule has 2 aromatic heterocycles. The molecule has 8 heteroatoms. The van der Waals surface area contributed by atoms with E-state index in [1.165, 1.54) is 0 Å². The molecule has 0 bridgehead atoms. The number of oxazole rings is 1. The van der Waals surface area contributed by atoms with E-state index in [9.17, 15) is 0 Å². The molecular formula is C26H23N7O. The van der Waals surface area contributed by atoms with E-state index in [1.807, 2.05) is 72.8 Å². The Morgan fingerprint density at radius 3 is 2.53 bits per heavy atom. The van der Waals surface area contributed by atoms with Gasteiger partial charge in [0.1, 0.15) is 5.52 Å². The largest absolute Gasteiger partial charge is 0.441 e. The van der Waals surface area contributed by atoms with Crippen LogP contribution in [0.3, 0.4) is 0 Å². The highest BCUT2D eigenvalue weighted by atomic mass is 16.3. The molecule has 34 heavy (non-hydrogen) atoms. The number of benzene rings is 3. The normalized spacial score (nSPS) is 11.6. The van der Waals surface area contributed by atoms with Gasteiger partial charge in [-0.25, -0.2) is 4.98 Å². The van der Waals surface area contributed by atoms with Crippen LogP contribution in [0.15, 0.2) is 94.3 Å². The second-order valence-electron chi connectivity index (χ2n) is 7.76.